The van der Waals surface area contributed by atoms with Crippen LogP contribution in [0.5, 0.6) is 0 Å². The summed E-state index contributed by atoms with van der Waals surface area (Å²) in [5.74, 6) is -0.833. The molecule has 29 heavy (non-hydrogen) atoms. The van der Waals surface area contributed by atoms with Crippen LogP contribution in [-0.4, -0.2) is 61.7 Å². The Balaban J connectivity index is 1.53. The van der Waals surface area contributed by atoms with E-state index >= 15 is 0 Å². The molecule has 0 aliphatic carbocycles. The van der Waals surface area contributed by atoms with Crippen LogP contribution in [0.4, 0.5) is 5.69 Å². The molecule has 1 aromatic carbocycles. The molecule has 1 saturated heterocycles. The number of carbonyl (C=O) groups is 2. The number of carbonyl (C=O) groups excluding carboxylic acids is 1. The summed E-state index contributed by atoms with van der Waals surface area (Å²) in [4.78, 5) is 30.0. The fraction of sp³-hybridized carbons (Fsp3) is 0.571. The van der Waals surface area contributed by atoms with Gasteiger partial charge in [-0.15, -0.1) is 0 Å². The second-order valence-electron chi connectivity index (χ2n) is 7.87. The SMILES string of the molecule is Cc1cc(C(=O)NC[C@@H](C)C(=O)O)ccc1N1CCC(NC2=NCCCN2)CC1. The molecule has 1 aromatic rings. The molecule has 3 rings (SSSR count). The topological polar surface area (TPSA) is 106 Å². The number of nitrogens with one attached hydrogen (secondary N) is 3. The normalized spacial score (nSPS) is 18.4. The third-order valence-electron chi connectivity index (χ3n) is 5.52. The van der Waals surface area contributed by atoms with E-state index in [1.54, 1.807) is 6.92 Å². The van der Waals surface area contributed by atoms with Crippen molar-refractivity contribution in [2.45, 2.75) is 39.2 Å². The smallest absolute Gasteiger partial charge is 0.308 e. The number of rotatable bonds is 6. The monoisotopic (exact) mass is 401 g/mol. The van der Waals surface area contributed by atoms with Crippen LogP contribution in [0, 0.1) is 12.8 Å². The van der Waals surface area contributed by atoms with Crippen molar-refractivity contribution in [3.05, 3.63) is 29.3 Å². The van der Waals surface area contributed by atoms with Crippen LogP contribution in [0.2, 0.25) is 0 Å². The first-order valence-corrected chi connectivity index (χ1v) is 10.4. The molecule has 0 spiro atoms. The Hall–Kier alpha value is -2.77. The Morgan fingerprint density at radius 2 is 2.10 bits per heavy atom. The molecule has 1 fully saturated rings. The van der Waals surface area contributed by atoms with Crippen molar-refractivity contribution < 1.29 is 14.7 Å². The van der Waals surface area contributed by atoms with E-state index in [0.29, 0.717) is 11.6 Å². The van der Waals surface area contributed by atoms with E-state index < -0.39 is 11.9 Å². The zero-order valence-corrected chi connectivity index (χ0v) is 17.2. The molecule has 1 amide bonds. The predicted octanol–water partition coefficient (Wildman–Crippen LogP) is 1.35. The Kier molecular flexibility index (Phi) is 6.95. The number of aliphatic carboxylic acids is 1. The Morgan fingerprint density at radius 3 is 2.72 bits per heavy atom. The average Bonchev–Trinajstić information content (AvgIpc) is 2.73. The van der Waals surface area contributed by atoms with Gasteiger partial charge in [-0.2, -0.15) is 0 Å². The summed E-state index contributed by atoms with van der Waals surface area (Å²) >= 11 is 0. The van der Waals surface area contributed by atoms with Crippen molar-refractivity contribution in [2.75, 3.05) is 37.6 Å². The molecule has 2 aliphatic rings. The highest BCUT2D eigenvalue weighted by molar-refractivity contribution is 5.95. The van der Waals surface area contributed by atoms with Crippen LogP contribution in [0.1, 0.15) is 42.1 Å². The molecule has 2 heterocycles. The van der Waals surface area contributed by atoms with E-state index in [9.17, 15) is 9.59 Å². The van der Waals surface area contributed by atoms with Gasteiger partial charge < -0.3 is 26.0 Å². The molecule has 4 N–H and O–H groups in total. The molecule has 0 radical (unpaired) electrons. The maximum absolute atomic E-state index is 12.3. The van der Waals surface area contributed by atoms with Crippen LogP contribution in [0.3, 0.4) is 0 Å². The minimum atomic E-state index is -0.916. The lowest BCUT2D eigenvalue weighted by Crippen LogP contribution is -2.50. The quantitative estimate of drug-likeness (QED) is 0.573. The van der Waals surface area contributed by atoms with Gasteiger partial charge in [0.2, 0.25) is 0 Å². The first kappa shape index (κ1) is 21.0. The lowest BCUT2D eigenvalue weighted by Gasteiger charge is -2.35. The number of carboxylic acids is 1. The van der Waals surface area contributed by atoms with Crippen molar-refractivity contribution in [2.24, 2.45) is 10.9 Å². The van der Waals surface area contributed by atoms with Gasteiger partial charge in [0, 0.05) is 50.0 Å². The Bertz CT molecular complexity index is 772. The number of guanidine groups is 1. The van der Waals surface area contributed by atoms with Crippen molar-refractivity contribution in [1.29, 1.82) is 0 Å². The zero-order valence-electron chi connectivity index (χ0n) is 17.2. The molecule has 1 atom stereocenters. The summed E-state index contributed by atoms with van der Waals surface area (Å²) in [6.45, 7) is 7.49. The standard InChI is InChI=1S/C21H31N5O3/c1-14-12-16(19(27)24-13-15(2)20(28)29)4-5-18(14)26-10-6-17(7-11-26)25-21-22-8-3-9-23-21/h4-5,12,15,17H,3,6-11,13H2,1-2H3,(H,24,27)(H,28,29)(H2,22,23,25)/t15-/m1/s1. The predicted molar refractivity (Wildman–Crippen MR) is 114 cm³/mol. The number of carboxylic acid groups (broad SMARTS) is 1. The largest absolute Gasteiger partial charge is 0.481 e. The molecule has 0 saturated carbocycles. The minimum absolute atomic E-state index is 0.121. The summed E-state index contributed by atoms with van der Waals surface area (Å²) in [6.07, 6.45) is 3.17. The number of hydrogen-bond acceptors (Lipinski definition) is 6. The second-order valence-corrected chi connectivity index (χ2v) is 7.87. The highest BCUT2D eigenvalue weighted by Gasteiger charge is 2.22. The summed E-state index contributed by atoms with van der Waals surface area (Å²) in [7, 11) is 0. The van der Waals surface area contributed by atoms with Gasteiger partial charge in [-0.1, -0.05) is 6.92 Å². The van der Waals surface area contributed by atoms with Crippen LogP contribution in [0.25, 0.3) is 0 Å². The number of piperidine rings is 1. The number of nitrogens with zero attached hydrogens (tertiary/aromatic N) is 2. The zero-order chi connectivity index (χ0) is 20.8. The summed E-state index contributed by atoms with van der Waals surface area (Å²) in [5, 5.41) is 18.5. The molecular weight excluding hydrogens is 370 g/mol. The molecule has 8 heteroatoms. The third-order valence-corrected chi connectivity index (χ3v) is 5.52. The van der Waals surface area contributed by atoms with E-state index in [0.717, 1.165) is 62.7 Å². The Labute approximate surface area is 171 Å². The Morgan fingerprint density at radius 1 is 1.34 bits per heavy atom. The molecule has 0 aromatic heterocycles. The van der Waals surface area contributed by atoms with Gasteiger partial charge in [0.1, 0.15) is 0 Å². The summed E-state index contributed by atoms with van der Waals surface area (Å²) in [5.41, 5.74) is 2.75. The fourth-order valence-electron chi connectivity index (χ4n) is 3.67. The van der Waals surface area contributed by atoms with Crippen LogP contribution >= 0.6 is 0 Å². The van der Waals surface area contributed by atoms with Crippen molar-refractivity contribution in [3.8, 4) is 0 Å². The number of benzene rings is 1. The van der Waals surface area contributed by atoms with Crippen LogP contribution < -0.4 is 20.9 Å². The van der Waals surface area contributed by atoms with E-state index in [1.165, 1.54) is 0 Å². The van der Waals surface area contributed by atoms with E-state index in [4.69, 9.17) is 5.11 Å². The van der Waals surface area contributed by atoms with Crippen molar-refractivity contribution in [3.63, 3.8) is 0 Å². The highest BCUT2D eigenvalue weighted by atomic mass is 16.4. The van der Waals surface area contributed by atoms with E-state index in [1.807, 2.05) is 25.1 Å². The lowest BCUT2D eigenvalue weighted by atomic mass is 10.0. The molecule has 0 unspecified atom stereocenters. The average molecular weight is 402 g/mol. The van der Waals surface area contributed by atoms with Gasteiger partial charge in [0.05, 0.1) is 5.92 Å². The fourth-order valence-corrected chi connectivity index (χ4v) is 3.67. The molecule has 8 nitrogen and oxygen atoms in total. The number of aryl methyl sites for hydroxylation is 1. The van der Waals surface area contributed by atoms with Gasteiger partial charge in [-0.3, -0.25) is 14.6 Å². The number of anilines is 1. The maximum Gasteiger partial charge on any atom is 0.308 e. The van der Waals surface area contributed by atoms with Crippen molar-refractivity contribution >= 4 is 23.5 Å². The highest BCUT2D eigenvalue weighted by Crippen LogP contribution is 2.25. The number of aliphatic imine (C=N–C) groups is 1. The van der Waals surface area contributed by atoms with Gasteiger partial charge in [-0.25, -0.2) is 0 Å². The first-order chi connectivity index (χ1) is 13.9. The first-order valence-electron chi connectivity index (χ1n) is 10.4. The van der Waals surface area contributed by atoms with Gasteiger partial charge in [-0.05, 0) is 49.9 Å². The maximum atomic E-state index is 12.3. The minimum Gasteiger partial charge on any atom is -0.481 e. The summed E-state index contributed by atoms with van der Waals surface area (Å²) < 4.78 is 0. The number of hydrogen-bond donors (Lipinski definition) is 4. The van der Waals surface area contributed by atoms with E-state index in [-0.39, 0.29) is 12.5 Å². The van der Waals surface area contributed by atoms with Crippen LogP contribution in [0.15, 0.2) is 23.2 Å². The van der Waals surface area contributed by atoms with Gasteiger partial charge in [0.25, 0.3) is 5.91 Å². The van der Waals surface area contributed by atoms with Crippen LogP contribution in [-0.2, 0) is 4.79 Å². The van der Waals surface area contributed by atoms with Gasteiger partial charge in [0.15, 0.2) is 5.96 Å². The molecular formula is C21H31N5O3. The molecule has 158 valence electrons. The third kappa shape index (κ3) is 5.62. The number of amides is 1. The van der Waals surface area contributed by atoms with Gasteiger partial charge >= 0.3 is 5.97 Å². The second kappa shape index (κ2) is 9.62. The summed E-state index contributed by atoms with van der Waals surface area (Å²) in [6, 6.07) is 6.11. The van der Waals surface area contributed by atoms with Crippen molar-refractivity contribution in [1.82, 2.24) is 16.0 Å². The lowest BCUT2D eigenvalue weighted by molar-refractivity contribution is -0.140. The van der Waals surface area contributed by atoms with E-state index in [2.05, 4.69) is 25.8 Å². The molecule has 0 bridgehead atoms. The molecule has 2 aliphatic heterocycles.